The van der Waals surface area contributed by atoms with E-state index >= 15 is 0 Å². The van der Waals surface area contributed by atoms with E-state index in [1.807, 2.05) is 0 Å². The summed E-state index contributed by atoms with van der Waals surface area (Å²) in [5.74, 6) is -1.93. The summed E-state index contributed by atoms with van der Waals surface area (Å²) in [5.41, 5.74) is -0.152. The van der Waals surface area contributed by atoms with Crippen LogP contribution in [0.25, 0.3) is 0 Å². The third-order valence-electron chi connectivity index (χ3n) is 3.63. The van der Waals surface area contributed by atoms with E-state index in [4.69, 9.17) is 11.6 Å². The van der Waals surface area contributed by atoms with E-state index in [9.17, 15) is 18.8 Å². The van der Waals surface area contributed by atoms with Crippen molar-refractivity contribution in [3.05, 3.63) is 87.6 Å². The van der Waals surface area contributed by atoms with Gasteiger partial charge in [-0.2, -0.15) is 5.10 Å². The molecule has 0 saturated heterocycles. The Morgan fingerprint density at radius 2 is 1.79 bits per heavy atom. The number of benzene rings is 2. The van der Waals surface area contributed by atoms with Crippen LogP contribution in [0.1, 0.15) is 10.5 Å². The minimum absolute atomic E-state index is 0.0473. The van der Waals surface area contributed by atoms with Crippen molar-refractivity contribution in [2.75, 3.05) is 10.6 Å². The number of hydrogen-bond acceptors (Lipinski definition) is 4. The van der Waals surface area contributed by atoms with Gasteiger partial charge in [-0.25, -0.2) is 9.07 Å². The second kappa shape index (κ2) is 8.45. The van der Waals surface area contributed by atoms with Gasteiger partial charge in [-0.1, -0.05) is 29.8 Å². The number of carbonyl (C=O) groups is 2. The molecule has 0 bridgehead atoms. The van der Waals surface area contributed by atoms with Crippen LogP contribution in [-0.4, -0.2) is 21.6 Å². The molecule has 0 aliphatic carbocycles. The molecular formula is C19H14ClFN4O3. The van der Waals surface area contributed by atoms with Crippen LogP contribution in [0.15, 0.2) is 65.5 Å². The lowest BCUT2D eigenvalue weighted by Gasteiger charge is -2.09. The van der Waals surface area contributed by atoms with Crippen LogP contribution >= 0.6 is 11.6 Å². The van der Waals surface area contributed by atoms with E-state index < -0.39 is 29.7 Å². The minimum atomic E-state index is -0.711. The lowest BCUT2D eigenvalue weighted by atomic mass is 10.3. The first-order valence-electron chi connectivity index (χ1n) is 8.12. The molecule has 0 fully saturated rings. The molecule has 3 aromatic rings. The summed E-state index contributed by atoms with van der Waals surface area (Å²) in [7, 11) is 0. The molecule has 0 spiro atoms. The molecule has 142 valence electrons. The molecule has 0 aliphatic rings. The maximum absolute atomic E-state index is 13.8. The molecule has 0 aliphatic heterocycles. The Labute approximate surface area is 163 Å². The molecule has 9 heteroatoms. The third kappa shape index (κ3) is 4.80. The number of amides is 2. The van der Waals surface area contributed by atoms with Crippen molar-refractivity contribution in [2.45, 2.75) is 6.54 Å². The van der Waals surface area contributed by atoms with Crippen molar-refractivity contribution in [3.8, 4) is 0 Å². The van der Waals surface area contributed by atoms with Gasteiger partial charge in [0.15, 0.2) is 0 Å². The van der Waals surface area contributed by atoms with E-state index in [1.165, 1.54) is 18.2 Å². The van der Waals surface area contributed by atoms with E-state index in [-0.39, 0.29) is 16.4 Å². The number of anilines is 2. The smallest absolute Gasteiger partial charge is 0.276 e. The fourth-order valence-corrected chi connectivity index (χ4v) is 2.48. The van der Waals surface area contributed by atoms with Gasteiger partial charge in [-0.3, -0.25) is 14.4 Å². The fraction of sp³-hybridized carbons (Fsp3) is 0.0526. The predicted octanol–water partition coefficient (Wildman–Crippen LogP) is 2.93. The molecular weight excluding hydrogens is 387 g/mol. The molecule has 2 amide bonds. The number of hydrogen-bond donors (Lipinski definition) is 2. The second-order valence-corrected chi connectivity index (χ2v) is 6.14. The quantitative estimate of drug-likeness (QED) is 0.688. The summed E-state index contributed by atoms with van der Waals surface area (Å²) >= 11 is 5.66. The fourth-order valence-electron chi connectivity index (χ4n) is 2.32. The second-order valence-electron chi connectivity index (χ2n) is 5.71. The van der Waals surface area contributed by atoms with Crippen molar-refractivity contribution < 1.29 is 14.0 Å². The highest BCUT2D eigenvalue weighted by Gasteiger charge is 2.13. The molecule has 0 unspecified atom stereocenters. The standard InChI is InChI=1S/C19H14ClFN4O3/c20-12-6-7-15(14(21)10-12)23-17(26)11-25-18(27)9-8-16(24-25)19(28)22-13-4-2-1-3-5-13/h1-10H,11H2,(H,22,28)(H,23,26). The first-order valence-corrected chi connectivity index (χ1v) is 8.49. The summed E-state index contributed by atoms with van der Waals surface area (Å²) in [6, 6.07) is 14.9. The molecule has 0 atom stereocenters. The maximum atomic E-state index is 13.8. The molecule has 3 rings (SSSR count). The Kier molecular flexibility index (Phi) is 5.81. The van der Waals surface area contributed by atoms with Crippen molar-refractivity contribution in [1.82, 2.24) is 9.78 Å². The van der Waals surface area contributed by atoms with Gasteiger partial charge in [0.25, 0.3) is 11.5 Å². The van der Waals surface area contributed by atoms with Gasteiger partial charge >= 0.3 is 0 Å². The normalized spacial score (nSPS) is 10.4. The van der Waals surface area contributed by atoms with Gasteiger partial charge < -0.3 is 10.6 Å². The number of nitrogens with zero attached hydrogens (tertiary/aromatic N) is 2. The van der Waals surface area contributed by atoms with Crippen LogP contribution < -0.4 is 16.2 Å². The number of para-hydroxylation sites is 1. The van der Waals surface area contributed by atoms with Gasteiger partial charge in [0.2, 0.25) is 5.91 Å². The van der Waals surface area contributed by atoms with Crippen LogP contribution in [0.3, 0.4) is 0 Å². The Hall–Kier alpha value is -3.52. The summed E-state index contributed by atoms with van der Waals surface area (Å²) in [4.78, 5) is 36.4. The lowest BCUT2D eigenvalue weighted by Crippen LogP contribution is -2.31. The van der Waals surface area contributed by atoms with Crippen molar-refractivity contribution in [3.63, 3.8) is 0 Å². The van der Waals surface area contributed by atoms with Crippen molar-refractivity contribution in [2.24, 2.45) is 0 Å². The lowest BCUT2D eigenvalue weighted by molar-refractivity contribution is -0.117. The van der Waals surface area contributed by atoms with E-state index in [2.05, 4.69) is 15.7 Å². The molecule has 1 aromatic heterocycles. The monoisotopic (exact) mass is 400 g/mol. The Balaban J connectivity index is 1.73. The zero-order valence-electron chi connectivity index (χ0n) is 14.4. The van der Waals surface area contributed by atoms with E-state index in [0.29, 0.717) is 5.69 Å². The molecule has 0 radical (unpaired) electrons. The van der Waals surface area contributed by atoms with Crippen molar-refractivity contribution >= 4 is 34.8 Å². The van der Waals surface area contributed by atoms with Gasteiger partial charge in [-0.05, 0) is 36.4 Å². The van der Waals surface area contributed by atoms with Gasteiger partial charge in [-0.15, -0.1) is 0 Å². The molecule has 0 saturated carbocycles. The Morgan fingerprint density at radius 3 is 2.50 bits per heavy atom. The molecule has 28 heavy (non-hydrogen) atoms. The average molecular weight is 401 g/mol. The number of nitrogens with one attached hydrogen (secondary N) is 2. The molecule has 7 nitrogen and oxygen atoms in total. The van der Waals surface area contributed by atoms with Crippen LogP contribution in [0.2, 0.25) is 5.02 Å². The van der Waals surface area contributed by atoms with Crippen LogP contribution in [0.4, 0.5) is 15.8 Å². The molecule has 1 heterocycles. The minimum Gasteiger partial charge on any atom is -0.322 e. The zero-order chi connectivity index (χ0) is 20.1. The molecule has 2 aromatic carbocycles. The topological polar surface area (TPSA) is 93.1 Å². The van der Waals surface area contributed by atoms with Crippen LogP contribution in [0.5, 0.6) is 0 Å². The number of rotatable bonds is 5. The summed E-state index contributed by atoms with van der Waals surface area (Å²) < 4.78 is 14.6. The van der Waals surface area contributed by atoms with E-state index in [1.54, 1.807) is 30.3 Å². The third-order valence-corrected chi connectivity index (χ3v) is 3.86. The first kappa shape index (κ1) is 19.2. The Morgan fingerprint density at radius 1 is 1.04 bits per heavy atom. The summed E-state index contributed by atoms with van der Waals surface area (Å²) in [6.07, 6.45) is 0. The first-order chi connectivity index (χ1) is 13.4. The van der Waals surface area contributed by atoms with Crippen LogP contribution in [-0.2, 0) is 11.3 Å². The highest BCUT2D eigenvalue weighted by atomic mass is 35.5. The summed E-state index contributed by atoms with van der Waals surface area (Å²) in [6.45, 7) is -0.493. The number of aromatic nitrogens is 2. The largest absolute Gasteiger partial charge is 0.322 e. The molecule has 2 N–H and O–H groups in total. The van der Waals surface area contributed by atoms with Crippen molar-refractivity contribution in [1.29, 1.82) is 0 Å². The Bertz CT molecular complexity index is 1090. The maximum Gasteiger partial charge on any atom is 0.276 e. The van der Waals surface area contributed by atoms with E-state index in [0.717, 1.165) is 16.8 Å². The number of carbonyl (C=O) groups excluding carboxylic acids is 2. The van der Waals surface area contributed by atoms with Gasteiger partial charge in [0.05, 0.1) is 5.69 Å². The number of halogens is 2. The highest BCUT2D eigenvalue weighted by molar-refractivity contribution is 6.30. The SMILES string of the molecule is O=C(Cn1nc(C(=O)Nc2ccccc2)ccc1=O)Nc1ccc(Cl)cc1F. The predicted molar refractivity (Wildman–Crippen MR) is 103 cm³/mol. The zero-order valence-corrected chi connectivity index (χ0v) is 15.1. The average Bonchev–Trinajstić information content (AvgIpc) is 2.66. The van der Waals surface area contributed by atoms with Gasteiger partial charge in [0.1, 0.15) is 18.1 Å². The highest BCUT2D eigenvalue weighted by Crippen LogP contribution is 2.18. The summed E-state index contributed by atoms with van der Waals surface area (Å²) in [5, 5.41) is 9.05. The van der Waals surface area contributed by atoms with Crippen LogP contribution in [0, 0.1) is 5.82 Å². The van der Waals surface area contributed by atoms with Gasteiger partial charge in [0, 0.05) is 16.8 Å².